The van der Waals surface area contributed by atoms with Gasteiger partial charge in [-0.15, -0.1) is 0 Å². The third kappa shape index (κ3) is 4.15. The van der Waals surface area contributed by atoms with Gasteiger partial charge in [-0.05, 0) is 36.2 Å². The Morgan fingerprint density at radius 3 is 2.72 bits per heavy atom. The van der Waals surface area contributed by atoms with E-state index in [2.05, 4.69) is 20.6 Å². The van der Waals surface area contributed by atoms with Crippen LogP contribution in [0.3, 0.4) is 0 Å². The number of rotatable bonds is 5. The van der Waals surface area contributed by atoms with Crippen LogP contribution in [0.15, 0.2) is 53.7 Å². The molecule has 0 radical (unpaired) electrons. The lowest BCUT2D eigenvalue weighted by Crippen LogP contribution is -2.38. The minimum Gasteiger partial charge on any atom is -0.361 e. The lowest BCUT2D eigenvalue weighted by Gasteiger charge is -2.12. The molecule has 3 aromatic rings. The van der Waals surface area contributed by atoms with Crippen molar-refractivity contribution >= 4 is 16.9 Å². The molecule has 0 aliphatic heterocycles. The van der Waals surface area contributed by atoms with Crippen molar-refractivity contribution in [3.63, 3.8) is 0 Å². The van der Waals surface area contributed by atoms with Gasteiger partial charge in [0.15, 0.2) is 5.96 Å². The van der Waals surface area contributed by atoms with Crippen LogP contribution in [0, 0.1) is 11.6 Å². The van der Waals surface area contributed by atoms with Gasteiger partial charge in [-0.3, -0.25) is 4.99 Å². The van der Waals surface area contributed by atoms with Gasteiger partial charge in [0.05, 0.1) is 0 Å². The second-order valence-corrected chi connectivity index (χ2v) is 5.70. The molecule has 25 heavy (non-hydrogen) atoms. The number of aromatic nitrogens is 1. The molecule has 0 aliphatic carbocycles. The van der Waals surface area contributed by atoms with Crippen LogP contribution < -0.4 is 10.6 Å². The number of aromatic amines is 1. The maximum Gasteiger partial charge on any atom is 0.191 e. The summed E-state index contributed by atoms with van der Waals surface area (Å²) < 4.78 is 27.0. The molecule has 0 saturated heterocycles. The van der Waals surface area contributed by atoms with Gasteiger partial charge in [0.25, 0.3) is 0 Å². The Kier molecular flexibility index (Phi) is 5.28. The predicted molar refractivity (Wildman–Crippen MR) is 96.6 cm³/mol. The van der Waals surface area contributed by atoms with E-state index in [1.165, 1.54) is 18.2 Å². The maximum atomic E-state index is 13.6. The number of fused-ring (bicyclic) bond motifs is 1. The van der Waals surface area contributed by atoms with E-state index in [1.54, 1.807) is 31.3 Å². The first-order chi connectivity index (χ1) is 12.2. The molecule has 1 aromatic heterocycles. The van der Waals surface area contributed by atoms with Gasteiger partial charge in [0.2, 0.25) is 0 Å². The first-order valence-corrected chi connectivity index (χ1v) is 8.11. The van der Waals surface area contributed by atoms with Crippen LogP contribution in [-0.2, 0) is 13.0 Å². The molecule has 0 spiro atoms. The Morgan fingerprint density at radius 1 is 1.08 bits per heavy atom. The van der Waals surface area contributed by atoms with Gasteiger partial charge in [-0.1, -0.05) is 18.2 Å². The standard InChI is InChI=1S/C19H20F2N4/c1-22-19(25-12-14-4-2-3-5-17(14)21)23-9-8-13-11-24-18-7-6-15(20)10-16(13)18/h2-7,10-11,24H,8-9,12H2,1H3,(H2,22,23,25). The van der Waals surface area contributed by atoms with Crippen molar-refractivity contribution in [2.24, 2.45) is 4.99 Å². The quantitative estimate of drug-likeness (QED) is 0.492. The summed E-state index contributed by atoms with van der Waals surface area (Å²) in [6.07, 6.45) is 2.60. The second kappa shape index (κ2) is 7.79. The Labute approximate surface area is 145 Å². The lowest BCUT2D eigenvalue weighted by atomic mass is 10.1. The van der Waals surface area contributed by atoms with E-state index in [-0.39, 0.29) is 11.6 Å². The Bertz CT molecular complexity index is 886. The number of hydrogen-bond donors (Lipinski definition) is 3. The van der Waals surface area contributed by atoms with E-state index in [0.29, 0.717) is 31.0 Å². The number of hydrogen-bond acceptors (Lipinski definition) is 1. The highest BCUT2D eigenvalue weighted by Gasteiger charge is 2.06. The summed E-state index contributed by atoms with van der Waals surface area (Å²) in [5, 5.41) is 7.15. The van der Waals surface area contributed by atoms with Crippen molar-refractivity contribution in [1.82, 2.24) is 15.6 Å². The topological polar surface area (TPSA) is 52.2 Å². The Balaban J connectivity index is 1.54. The molecule has 2 aromatic carbocycles. The van der Waals surface area contributed by atoms with Crippen molar-refractivity contribution in [3.8, 4) is 0 Å². The minimum absolute atomic E-state index is 0.244. The molecule has 1 heterocycles. The fraction of sp³-hybridized carbons (Fsp3) is 0.211. The summed E-state index contributed by atoms with van der Waals surface area (Å²) in [5.74, 6) is 0.101. The summed E-state index contributed by atoms with van der Waals surface area (Å²) in [6, 6.07) is 11.3. The second-order valence-electron chi connectivity index (χ2n) is 5.70. The molecule has 0 bridgehead atoms. The molecule has 0 aliphatic rings. The first-order valence-electron chi connectivity index (χ1n) is 8.11. The normalized spacial score (nSPS) is 11.7. The average molecular weight is 342 g/mol. The maximum absolute atomic E-state index is 13.6. The molecule has 0 fully saturated rings. The molecule has 4 nitrogen and oxygen atoms in total. The third-order valence-electron chi connectivity index (χ3n) is 4.04. The summed E-state index contributed by atoms with van der Waals surface area (Å²) in [7, 11) is 1.66. The van der Waals surface area contributed by atoms with E-state index in [0.717, 1.165) is 16.5 Å². The smallest absolute Gasteiger partial charge is 0.191 e. The zero-order chi connectivity index (χ0) is 17.6. The SMILES string of the molecule is CN=C(NCCc1c[nH]c2ccc(F)cc12)NCc1ccccc1F. The summed E-state index contributed by atoms with van der Waals surface area (Å²) >= 11 is 0. The van der Waals surface area contributed by atoms with Crippen LogP contribution in [-0.4, -0.2) is 24.5 Å². The third-order valence-corrected chi connectivity index (χ3v) is 4.04. The van der Waals surface area contributed by atoms with Crippen LogP contribution in [0.4, 0.5) is 8.78 Å². The molecule has 3 N–H and O–H groups in total. The van der Waals surface area contributed by atoms with Gasteiger partial charge in [-0.2, -0.15) is 0 Å². The van der Waals surface area contributed by atoms with E-state index < -0.39 is 0 Å². The molecule has 6 heteroatoms. The van der Waals surface area contributed by atoms with E-state index in [1.807, 2.05) is 6.20 Å². The van der Waals surface area contributed by atoms with Gasteiger partial charge in [0.1, 0.15) is 11.6 Å². The number of nitrogens with one attached hydrogen (secondary N) is 3. The molecular formula is C19H20F2N4. The highest BCUT2D eigenvalue weighted by Crippen LogP contribution is 2.19. The van der Waals surface area contributed by atoms with Gasteiger partial charge < -0.3 is 15.6 Å². The lowest BCUT2D eigenvalue weighted by molar-refractivity contribution is 0.604. The van der Waals surface area contributed by atoms with Crippen molar-refractivity contribution in [3.05, 3.63) is 71.4 Å². The molecule has 0 unspecified atom stereocenters. The fourth-order valence-corrected chi connectivity index (χ4v) is 2.71. The summed E-state index contributed by atoms with van der Waals surface area (Å²) in [5.41, 5.74) is 2.53. The monoisotopic (exact) mass is 342 g/mol. The number of benzene rings is 2. The van der Waals surface area contributed by atoms with Crippen molar-refractivity contribution in [2.45, 2.75) is 13.0 Å². The van der Waals surface area contributed by atoms with Crippen molar-refractivity contribution in [1.29, 1.82) is 0 Å². The Hall–Kier alpha value is -2.89. The van der Waals surface area contributed by atoms with E-state index in [9.17, 15) is 8.78 Å². The number of halogens is 2. The molecule has 0 atom stereocenters. The summed E-state index contributed by atoms with van der Waals surface area (Å²) in [4.78, 5) is 7.27. The number of H-pyrrole nitrogens is 1. The Morgan fingerprint density at radius 2 is 1.92 bits per heavy atom. The molecular weight excluding hydrogens is 322 g/mol. The van der Waals surface area contributed by atoms with Gasteiger partial charge in [0, 0.05) is 42.8 Å². The van der Waals surface area contributed by atoms with Crippen LogP contribution in [0.25, 0.3) is 10.9 Å². The number of guanidine groups is 1. The fourth-order valence-electron chi connectivity index (χ4n) is 2.71. The van der Waals surface area contributed by atoms with E-state index in [4.69, 9.17) is 0 Å². The molecule has 0 amide bonds. The largest absolute Gasteiger partial charge is 0.361 e. The molecule has 0 saturated carbocycles. The first kappa shape index (κ1) is 17.0. The van der Waals surface area contributed by atoms with Gasteiger partial charge in [-0.25, -0.2) is 8.78 Å². The predicted octanol–water partition coefficient (Wildman–Crippen LogP) is 3.35. The zero-order valence-corrected chi connectivity index (χ0v) is 13.9. The van der Waals surface area contributed by atoms with Crippen molar-refractivity contribution in [2.75, 3.05) is 13.6 Å². The van der Waals surface area contributed by atoms with Crippen LogP contribution in [0.5, 0.6) is 0 Å². The minimum atomic E-state index is -0.247. The zero-order valence-electron chi connectivity index (χ0n) is 13.9. The highest BCUT2D eigenvalue weighted by atomic mass is 19.1. The number of aliphatic imine (C=N–C) groups is 1. The van der Waals surface area contributed by atoms with Crippen molar-refractivity contribution < 1.29 is 8.78 Å². The van der Waals surface area contributed by atoms with Crippen LogP contribution in [0.2, 0.25) is 0 Å². The van der Waals surface area contributed by atoms with Crippen LogP contribution in [0.1, 0.15) is 11.1 Å². The van der Waals surface area contributed by atoms with Crippen LogP contribution >= 0.6 is 0 Å². The molecule has 3 rings (SSSR count). The summed E-state index contributed by atoms with van der Waals surface area (Å²) in [6.45, 7) is 0.977. The van der Waals surface area contributed by atoms with E-state index >= 15 is 0 Å². The highest BCUT2D eigenvalue weighted by molar-refractivity contribution is 5.83. The average Bonchev–Trinajstić information content (AvgIpc) is 3.01. The molecule has 130 valence electrons. The number of nitrogens with zero attached hydrogens (tertiary/aromatic N) is 1. The van der Waals surface area contributed by atoms with Gasteiger partial charge >= 0.3 is 0 Å².